The summed E-state index contributed by atoms with van der Waals surface area (Å²) >= 11 is 1.69. The van der Waals surface area contributed by atoms with Crippen LogP contribution in [0.5, 0.6) is 5.75 Å². The van der Waals surface area contributed by atoms with Gasteiger partial charge in [0.15, 0.2) is 0 Å². The van der Waals surface area contributed by atoms with Crippen LogP contribution in [0.4, 0.5) is 5.00 Å². The van der Waals surface area contributed by atoms with Crippen LogP contribution < -0.4 is 10.6 Å². The number of anilines is 1. The van der Waals surface area contributed by atoms with Gasteiger partial charge in [-0.05, 0) is 64.8 Å². The number of aromatic nitrogens is 2. The van der Waals surface area contributed by atoms with E-state index in [4.69, 9.17) is 0 Å². The van der Waals surface area contributed by atoms with Gasteiger partial charge in [0.05, 0.1) is 15.4 Å². The fourth-order valence-corrected chi connectivity index (χ4v) is 5.23. The largest absolute Gasteiger partial charge is 0.506 e. The summed E-state index contributed by atoms with van der Waals surface area (Å²) < 4.78 is 0. The Labute approximate surface area is 157 Å². The molecule has 1 aromatic carbocycles. The van der Waals surface area contributed by atoms with Crippen molar-refractivity contribution in [1.82, 2.24) is 15.3 Å². The molecule has 0 aliphatic carbocycles. The van der Waals surface area contributed by atoms with Crippen LogP contribution in [0.2, 0.25) is 0 Å². The number of hydrogen-bond acceptors (Lipinski definition) is 5. The molecule has 0 atom stereocenters. The van der Waals surface area contributed by atoms with Crippen LogP contribution in [0.15, 0.2) is 30.3 Å². The molecule has 6 heteroatoms. The number of imidazole rings is 1. The third kappa shape index (κ3) is 3.44. The molecule has 0 spiro atoms. The van der Waals surface area contributed by atoms with Crippen LogP contribution >= 0.6 is 11.3 Å². The van der Waals surface area contributed by atoms with Crippen molar-refractivity contribution in [2.45, 2.75) is 57.7 Å². The van der Waals surface area contributed by atoms with Gasteiger partial charge in [0.1, 0.15) is 17.1 Å². The molecule has 26 heavy (non-hydrogen) atoms. The van der Waals surface area contributed by atoms with Crippen molar-refractivity contribution in [2.75, 3.05) is 5.32 Å². The lowest BCUT2D eigenvalue weighted by Gasteiger charge is -2.46. The van der Waals surface area contributed by atoms with Crippen LogP contribution in [-0.2, 0) is 0 Å². The Kier molecular flexibility index (Phi) is 4.00. The molecule has 3 heterocycles. The zero-order valence-electron chi connectivity index (χ0n) is 15.7. The minimum Gasteiger partial charge on any atom is -0.506 e. The molecule has 0 amide bonds. The number of nitrogens with zero attached hydrogens (tertiary/aromatic N) is 1. The van der Waals surface area contributed by atoms with E-state index >= 15 is 0 Å². The monoisotopic (exact) mass is 370 g/mol. The van der Waals surface area contributed by atoms with E-state index < -0.39 is 0 Å². The molecule has 0 radical (unpaired) electrons. The summed E-state index contributed by atoms with van der Waals surface area (Å²) in [6, 6.07) is 10.1. The normalized spacial score (nSPS) is 19.7. The number of rotatable bonds is 3. The van der Waals surface area contributed by atoms with Crippen molar-refractivity contribution in [3.63, 3.8) is 0 Å². The number of aromatic amines is 1. The molecular formula is C20H26N4OS. The lowest BCUT2D eigenvalue weighted by atomic mass is 9.80. The minimum atomic E-state index is 0.121. The van der Waals surface area contributed by atoms with E-state index in [1.54, 1.807) is 17.4 Å². The SMILES string of the molecule is CC1(C)CC(Nc2ccc(-c3nc4c(O)cccc4[nH]3)s2)CC(C)(C)N1. The Morgan fingerprint density at radius 3 is 2.54 bits per heavy atom. The average molecular weight is 371 g/mol. The second-order valence-corrected chi connectivity index (χ2v) is 9.65. The number of aromatic hydroxyl groups is 1. The molecule has 138 valence electrons. The van der Waals surface area contributed by atoms with Crippen LogP contribution in [0.1, 0.15) is 40.5 Å². The maximum Gasteiger partial charge on any atom is 0.148 e. The Bertz CT molecular complexity index is 924. The molecule has 0 saturated carbocycles. The number of piperidine rings is 1. The number of fused-ring (bicyclic) bond motifs is 1. The number of H-pyrrole nitrogens is 1. The number of benzene rings is 1. The van der Waals surface area contributed by atoms with Crippen LogP contribution in [0, 0.1) is 0 Å². The highest BCUT2D eigenvalue weighted by atomic mass is 32.1. The molecule has 2 aromatic heterocycles. The first-order valence-electron chi connectivity index (χ1n) is 9.05. The van der Waals surface area contributed by atoms with Gasteiger partial charge in [-0.2, -0.15) is 0 Å². The summed E-state index contributed by atoms with van der Waals surface area (Å²) in [5, 5.41) is 18.5. The maximum atomic E-state index is 9.95. The lowest BCUT2D eigenvalue weighted by molar-refractivity contribution is 0.171. The van der Waals surface area contributed by atoms with E-state index in [0.717, 1.165) is 34.1 Å². The number of phenolic OH excluding ortho intramolecular Hbond substituents is 1. The Hall–Kier alpha value is -2.05. The highest BCUT2D eigenvalue weighted by molar-refractivity contribution is 7.19. The first-order chi connectivity index (χ1) is 12.2. The summed E-state index contributed by atoms with van der Waals surface area (Å²) in [5.74, 6) is 1.00. The van der Waals surface area contributed by atoms with Crippen molar-refractivity contribution in [1.29, 1.82) is 0 Å². The molecule has 4 N–H and O–H groups in total. The van der Waals surface area contributed by atoms with Gasteiger partial charge in [-0.3, -0.25) is 0 Å². The van der Waals surface area contributed by atoms with Crippen LogP contribution in [-0.4, -0.2) is 32.2 Å². The Morgan fingerprint density at radius 2 is 1.85 bits per heavy atom. The first kappa shape index (κ1) is 17.4. The molecule has 1 aliphatic heterocycles. The molecule has 0 bridgehead atoms. The summed E-state index contributed by atoms with van der Waals surface area (Å²) in [6.45, 7) is 9.07. The van der Waals surface area contributed by atoms with Crippen molar-refractivity contribution < 1.29 is 5.11 Å². The van der Waals surface area contributed by atoms with E-state index in [0.29, 0.717) is 11.6 Å². The van der Waals surface area contributed by atoms with Gasteiger partial charge < -0.3 is 20.7 Å². The van der Waals surface area contributed by atoms with Gasteiger partial charge >= 0.3 is 0 Å². The number of para-hydroxylation sites is 1. The third-order valence-corrected chi connectivity index (χ3v) is 5.89. The van der Waals surface area contributed by atoms with Gasteiger partial charge in [-0.15, -0.1) is 11.3 Å². The van der Waals surface area contributed by atoms with Gasteiger partial charge in [-0.25, -0.2) is 4.98 Å². The second-order valence-electron chi connectivity index (χ2n) is 8.56. The molecule has 4 rings (SSSR count). The quantitative estimate of drug-likeness (QED) is 0.538. The summed E-state index contributed by atoms with van der Waals surface area (Å²) in [6.07, 6.45) is 2.17. The summed E-state index contributed by atoms with van der Waals surface area (Å²) in [4.78, 5) is 8.92. The fourth-order valence-electron chi connectivity index (χ4n) is 4.30. The lowest BCUT2D eigenvalue weighted by Crippen LogP contribution is -2.60. The first-order valence-corrected chi connectivity index (χ1v) is 9.86. The molecule has 1 fully saturated rings. The molecular weight excluding hydrogens is 344 g/mol. The van der Waals surface area contributed by atoms with Gasteiger partial charge in [0, 0.05) is 17.1 Å². The summed E-state index contributed by atoms with van der Waals surface area (Å²) in [7, 11) is 0. The third-order valence-electron chi connectivity index (χ3n) is 4.87. The molecule has 5 nitrogen and oxygen atoms in total. The molecule has 1 saturated heterocycles. The predicted molar refractivity (Wildman–Crippen MR) is 109 cm³/mol. The number of phenols is 1. The highest BCUT2D eigenvalue weighted by Crippen LogP contribution is 2.35. The molecule has 1 aliphatic rings. The van der Waals surface area contributed by atoms with E-state index in [1.807, 2.05) is 12.1 Å². The van der Waals surface area contributed by atoms with Crippen LogP contribution in [0.3, 0.4) is 0 Å². The van der Waals surface area contributed by atoms with E-state index in [-0.39, 0.29) is 16.8 Å². The fraction of sp³-hybridized carbons (Fsp3) is 0.450. The number of hydrogen-bond donors (Lipinski definition) is 4. The van der Waals surface area contributed by atoms with Gasteiger partial charge in [0.25, 0.3) is 0 Å². The topological polar surface area (TPSA) is 73.0 Å². The van der Waals surface area contributed by atoms with E-state index in [1.165, 1.54) is 0 Å². The zero-order chi connectivity index (χ0) is 18.5. The second kappa shape index (κ2) is 5.99. The van der Waals surface area contributed by atoms with Crippen molar-refractivity contribution in [2.24, 2.45) is 0 Å². The molecule has 3 aromatic rings. The Morgan fingerprint density at radius 1 is 1.12 bits per heavy atom. The van der Waals surface area contributed by atoms with Crippen molar-refractivity contribution in [3.8, 4) is 16.5 Å². The maximum absolute atomic E-state index is 9.95. The van der Waals surface area contributed by atoms with Gasteiger partial charge in [-0.1, -0.05) is 6.07 Å². The summed E-state index contributed by atoms with van der Waals surface area (Å²) in [5.41, 5.74) is 1.71. The average Bonchev–Trinajstić information content (AvgIpc) is 3.10. The zero-order valence-corrected chi connectivity index (χ0v) is 16.5. The van der Waals surface area contributed by atoms with Crippen LogP contribution in [0.25, 0.3) is 21.7 Å². The van der Waals surface area contributed by atoms with Crippen molar-refractivity contribution >= 4 is 27.4 Å². The standard InChI is InChI=1S/C20H26N4OS/c1-19(2)10-12(11-20(3,4)24-19)21-16-9-8-15(26-16)18-22-13-6-5-7-14(25)17(13)23-18/h5-9,12,21,24-25H,10-11H2,1-4H3,(H,22,23). The number of thiophene rings is 1. The Balaban J connectivity index is 1.55. The van der Waals surface area contributed by atoms with Crippen molar-refractivity contribution in [3.05, 3.63) is 30.3 Å². The smallest absolute Gasteiger partial charge is 0.148 e. The van der Waals surface area contributed by atoms with Gasteiger partial charge in [0.2, 0.25) is 0 Å². The van der Waals surface area contributed by atoms with E-state index in [9.17, 15) is 5.11 Å². The molecule has 0 unspecified atom stereocenters. The highest BCUT2D eigenvalue weighted by Gasteiger charge is 2.37. The number of nitrogens with one attached hydrogen (secondary N) is 3. The predicted octanol–water partition coefficient (Wildman–Crippen LogP) is 4.72. The minimum absolute atomic E-state index is 0.121. The van der Waals surface area contributed by atoms with E-state index in [2.05, 4.69) is 60.4 Å².